The van der Waals surface area contributed by atoms with E-state index in [9.17, 15) is 4.79 Å². The molecular weight excluding hydrogens is 194 g/mol. The second kappa shape index (κ2) is 3.27. The summed E-state index contributed by atoms with van der Waals surface area (Å²) in [5, 5.41) is 3.28. The summed E-state index contributed by atoms with van der Waals surface area (Å²) in [6.45, 7) is 3.74. The van der Waals surface area contributed by atoms with Crippen LogP contribution in [0.4, 0.5) is 10.5 Å². The molecule has 2 heterocycles. The van der Waals surface area contributed by atoms with E-state index in [0.29, 0.717) is 11.3 Å². The van der Waals surface area contributed by atoms with E-state index in [2.05, 4.69) is 10.3 Å². The van der Waals surface area contributed by atoms with Gasteiger partial charge in [0.05, 0.1) is 16.8 Å². The Morgan fingerprint density at radius 1 is 1.53 bits per heavy atom. The first-order valence-electron chi connectivity index (χ1n) is 4.50. The Balaban J connectivity index is 2.63. The first-order chi connectivity index (χ1) is 7.08. The molecule has 2 rings (SSSR count). The quantitative estimate of drug-likeness (QED) is 0.746. The van der Waals surface area contributed by atoms with Gasteiger partial charge in [-0.15, -0.1) is 0 Å². The van der Waals surface area contributed by atoms with Gasteiger partial charge in [0.25, 0.3) is 0 Å². The minimum atomic E-state index is -0.613. The van der Waals surface area contributed by atoms with E-state index >= 15 is 0 Å². The number of hydrogen-bond donors (Lipinski definition) is 2. The molecule has 5 nitrogen and oxygen atoms in total. The number of aromatic nitrogens is 1. The minimum absolute atomic E-state index is 0.558. The fourth-order valence-corrected chi connectivity index (χ4v) is 1.62. The maximum atomic E-state index is 10.7. The number of furan rings is 1. The number of aryl methyl sites for hydroxylation is 2. The summed E-state index contributed by atoms with van der Waals surface area (Å²) < 4.78 is 5.30. The number of fused-ring (bicyclic) bond motifs is 1. The number of anilines is 1. The van der Waals surface area contributed by atoms with Gasteiger partial charge in [-0.3, -0.25) is 4.98 Å². The van der Waals surface area contributed by atoms with Crippen LogP contribution in [-0.4, -0.2) is 11.0 Å². The highest BCUT2D eigenvalue weighted by Crippen LogP contribution is 2.28. The maximum absolute atomic E-state index is 10.7. The van der Waals surface area contributed by atoms with Crippen molar-refractivity contribution in [3.05, 3.63) is 23.7 Å². The summed E-state index contributed by atoms with van der Waals surface area (Å²) in [6, 6.07) is 1.20. The van der Waals surface area contributed by atoms with Gasteiger partial charge in [0, 0.05) is 11.8 Å². The van der Waals surface area contributed by atoms with Crippen LogP contribution in [0.3, 0.4) is 0 Å². The highest BCUT2D eigenvalue weighted by atomic mass is 16.3. The first-order valence-corrected chi connectivity index (χ1v) is 4.50. The summed E-state index contributed by atoms with van der Waals surface area (Å²) in [5.74, 6) is 0. The van der Waals surface area contributed by atoms with Crippen molar-refractivity contribution in [2.75, 3.05) is 5.32 Å². The third-order valence-electron chi connectivity index (χ3n) is 2.12. The molecule has 0 aliphatic heterocycles. The lowest BCUT2D eigenvalue weighted by Gasteiger charge is -2.01. The molecule has 0 radical (unpaired) electrons. The third-order valence-corrected chi connectivity index (χ3v) is 2.12. The van der Waals surface area contributed by atoms with Gasteiger partial charge in [0.15, 0.2) is 0 Å². The average Bonchev–Trinajstić information content (AvgIpc) is 2.46. The molecule has 0 aromatic carbocycles. The van der Waals surface area contributed by atoms with Crippen LogP contribution < -0.4 is 11.1 Å². The molecule has 0 fully saturated rings. The molecule has 0 aliphatic rings. The minimum Gasteiger partial charge on any atom is -0.462 e. The molecule has 3 N–H and O–H groups in total. The van der Waals surface area contributed by atoms with E-state index in [0.717, 1.165) is 16.8 Å². The second-order valence-electron chi connectivity index (χ2n) is 3.36. The maximum Gasteiger partial charge on any atom is 0.316 e. The van der Waals surface area contributed by atoms with E-state index in [1.54, 1.807) is 0 Å². The smallest absolute Gasteiger partial charge is 0.316 e. The second-order valence-corrected chi connectivity index (χ2v) is 3.36. The number of carbonyl (C=O) groups excluding carboxylic acids is 1. The van der Waals surface area contributed by atoms with E-state index in [1.807, 2.05) is 19.9 Å². The van der Waals surface area contributed by atoms with Crippen molar-refractivity contribution < 1.29 is 9.21 Å². The number of pyridine rings is 1. The molecule has 0 saturated heterocycles. The van der Waals surface area contributed by atoms with E-state index < -0.39 is 6.03 Å². The monoisotopic (exact) mass is 205 g/mol. The molecular formula is C10H11N3O2. The van der Waals surface area contributed by atoms with Gasteiger partial charge in [0.1, 0.15) is 11.8 Å². The molecule has 0 bridgehead atoms. The molecule has 5 heteroatoms. The van der Waals surface area contributed by atoms with Crippen molar-refractivity contribution in [3.63, 3.8) is 0 Å². The molecule has 78 valence electrons. The Labute approximate surface area is 86.3 Å². The highest BCUT2D eigenvalue weighted by Gasteiger charge is 2.11. The van der Waals surface area contributed by atoms with Crippen LogP contribution in [0.2, 0.25) is 0 Å². The summed E-state index contributed by atoms with van der Waals surface area (Å²) in [7, 11) is 0. The van der Waals surface area contributed by atoms with Gasteiger partial charge in [-0.1, -0.05) is 0 Å². The van der Waals surface area contributed by atoms with Crippen molar-refractivity contribution in [1.82, 2.24) is 4.98 Å². The van der Waals surface area contributed by atoms with Crippen molar-refractivity contribution in [2.24, 2.45) is 5.73 Å². The zero-order valence-corrected chi connectivity index (χ0v) is 8.50. The third kappa shape index (κ3) is 1.63. The van der Waals surface area contributed by atoms with Crippen LogP contribution in [-0.2, 0) is 0 Å². The van der Waals surface area contributed by atoms with Gasteiger partial charge in [-0.2, -0.15) is 0 Å². The molecule has 0 saturated carbocycles. The fraction of sp³-hybridized carbons (Fsp3) is 0.200. The van der Waals surface area contributed by atoms with Crippen LogP contribution in [0.25, 0.3) is 11.0 Å². The van der Waals surface area contributed by atoms with Gasteiger partial charge in [0.2, 0.25) is 0 Å². The highest BCUT2D eigenvalue weighted by molar-refractivity contribution is 6.00. The Morgan fingerprint density at radius 3 is 2.93 bits per heavy atom. The lowest BCUT2D eigenvalue weighted by Crippen LogP contribution is -2.19. The Morgan fingerprint density at radius 2 is 2.27 bits per heavy atom. The molecule has 0 aliphatic carbocycles. The zero-order chi connectivity index (χ0) is 11.0. The molecule has 15 heavy (non-hydrogen) atoms. The SMILES string of the molecule is Cc1cc2occ(NC(N)=O)c2c(C)n1. The van der Waals surface area contributed by atoms with Crippen LogP contribution in [0, 0.1) is 13.8 Å². The van der Waals surface area contributed by atoms with Gasteiger partial charge in [-0.05, 0) is 13.8 Å². The van der Waals surface area contributed by atoms with Crippen LogP contribution >= 0.6 is 0 Å². The normalized spacial score (nSPS) is 10.5. The lowest BCUT2D eigenvalue weighted by atomic mass is 10.2. The van der Waals surface area contributed by atoms with Crippen molar-refractivity contribution in [2.45, 2.75) is 13.8 Å². The summed E-state index contributed by atoms with van der Waals surface area (Å²) in [6.07, 6.45) is 1.46. The van der Waals surface area contributed by atoms with E-state index in [-0.39, 0.29) is 0 Å². The van der Waals surface area contributed by atoms with E-state index in [4.69, 9.17) is 10.2 Å². The van der Waals surface area contributed by atoms with Crippen LogP contribution in [0.1, 0.15) is 11.4 Å². The molecule has 0 spiro atoms. The van der Waals surface area contributed by atoms with Gasteiger partial charge < -0.3 is 15.5 Å². The average molecular weight is 205 g/mol. The molecule has 2 aromatic rings. The number of primary amides is 1. The number of urea groups is 1. The largest absolute Gasteiger partial charge is 0.462 e. The number of nitrogens with one attached hydrogen (secondary N) is 1. The summed E-state index contributed by atoms with van der Waals surface area (Å²) in [4.78, 5) is 15.0. The Kier molecular flexibility index (Phi) is 2.07. The number of hydrogen-bond acceptors (Lipinski definition) is 3. The first kappa shape index (κ1) is 9.51. The fourth-order valence-electron chi connectivity index (χ4n) is 1.62. The molecule has 2 amide bonds. The van der Waals surface area contributed by atoms with Crippen molar-refractivity contribution >= 4 is 22.7 Å². The molecule has 2 aromatic heterocycles. The van der Waals surface area contributed by atoms with Crippen LogP contribution in [0.15, 0.2) is 16.7 Å². The predicted octanol–water partition coefficient (Wildman–Crippen LogP) is 1.94. The van der Waals surface area contributed by atoms with Crippen molar-refractivity contribution in [3.8, 4) is 0 Å². The molecule has 0 atom stereocenters. The predicted molar refractivity (Wildman–Crippen MR) is 56.7 cm³/mol. The summed E-state index contributed by atoms with van der Waals surface area (Å²) in [5.41, 5.74) is 7.98. The van der Waals surface area contributed by atoms with E-state index in [1.165, 1.54) is 6.26 Å². The van der Waals surface area contributed by atoms with Gasteiger partial charge in [-0.25, -0.2) is 4.79 Å². The zero-order valence-electron chi connectivity index (χ0n) is 8.50. The number of carbonyl (C=O) groups is 1. The number of rotatable bonds is 1. The van der Waals surface area contributed by atoms with Crippen molar-refractivity contribution in [1.29, 1.82) is 0 Å². The Bertz CT molecular complexity index is 531. The standard InChI is InChI=1S/C10H11N3O2/c1-5-3-8-9(6(2)12-5)7(4-15-8)13-10(11)14/h3-4H,1-2H3,(H3,11,13,14). The Hall–Kier alpha value is -2.04. The molecule has 0 unspecified atom stereocenters. The van der Waals surface area contributed by atoms with Crippen LogP contribution in [0.5, 0.6) is 0 Å². The summed E-state index contributed by atoms with van der Waals surface area (Å²) >= 11 is 0. The topological polar surface area (TPSA) is 81.1 Å². The number of amides is 2. The number of nitrogens with two attached hydrogens (primary N) is 1. The lowest BCUT2D eigenvalue weighted by molar-refractivity contribution is 0.259. The number of nitrogens with zero attached hydrogens (tertiary/aromatic N) is 1. The van der Waals surface area contributed by atoms with Gasteiger partial charge >= 0.3 is 6.03 Å².